The normalized spacial score (nSPS) is 14.5. The van der Waals surface area contributed by atoms with Gasteiger partial charge in [0.25, 0.3) is 0 Å². The lowest BCUT2D eigenvalue weighted by Crippen LogP contribution is -2.46. The molecule has 0 saturated carbocycles. The number of methoxy groups -OCH3 is 2. The number of unbranched alkanes of at least 4 members (excludes halogenated alkanes) is 1. The molecule has 1 aliphatic carbocycles. The molecule has 0 fully saturated rings. The molecule has 0 bridgehead atoms. The van der Waals surface area contributed by atoms with Crippen molar-refractivity contribution in [3.63, 3.8) is 0 Å². The van der Waals surface area contributed by atoms with E-state index in [0.717, 1.165) is 73.5 Å². The van der Waals surface area contributed by atoms with Crippen molar-refractivity contribution in [1.82, 2.24) is 15.3 Å². The van der Waals surface area contributed by atoms with Crippen LogP contribution in [0, 0.1) is 0 Å². The van der Waals surface area contributed by atoms with E-state index in [-0.39, 0.29) is 11.4 Å². The molecule has 0 saturated heterocycles. The molecule has 8 nitrogen and oxygen atoms in total. The van der Waals surface area contributed by atoms with Gasteiger partial charge >= 0.3 is 0 Å². The van der Waals surface area contributed by atoms with E-state index in [1.807, 2.05) is 18.2 Å². The second-order valence-electron chi connectivity index (χ2n) is 9.26. The Kier molecular flexibility index (Phi) is 8.96. The van der Waals surface area contributed by atoms with Crippen molar-refractivity contribution >= 4 is 17.7 Å². The summed E-state index contributed by atoms with van der Waals surface area (Å²) in [5.41, 5.74) is 3.00. The van der Waals surface area contributed by atoms with E-state index in [0.29, 0.717) is 19.0 Å². The van der Waals surface area contributed by atoms with Gasteiger partial charge in [0.2, 0.25) is 11.9 Å². The lowest BCUT2D eigenvalue weighted by atomic mass is 9.92. The van der Waals surface area contributed by atoms with Crippen molar-refractivity contribution in [2.45, 2.75) is 77.8 Å². The monoisotopic (exact) mass is 469 g/mol. The molecule has 3 rings (SSSR count). The summed E-state index contributed by atoms with van der Waals surface area (Å²) in [5, 5.41) is 10.1. The summed E-state index contributed by atoms with van der Waals surface area (Å²) in [6, 6.07) is 5.78. The molecular formula is C26H39N5O3. The fourth-order valence-electron chi connectivity index (χ4n) is 4.32. The van der Waals surface area contributed by atoms with E-state index >= 15 is 0 Å². The van der Waals surface area contributed by atoms with E-state index in [9.17, 15) is 4.79 Å². The van der Waals surface area contributed by atoms with Gasteiger partial charge in [-0.25, -0.2) is 4.98 Å². The van der Waals surface area contributed by atoms with Crippen molar-refractivity contribution in [3.8, 4) is 11.5 Å². The number of carbonyl (C=O) groups is 1. The van der Waals surface area contributed by atoms with Gasteiger partial charge in [-0.05, 0) is 51.2 Å². The van der Waals surface area contributed by atoms with Crippen LogP contribution in [0.25, 0.3) is 0 Å². The van der Waals surface area contributed by atoms with Gasteiger partial charge in [0.05, 0.1) is 25.5 Å². The molecule has 0 unspecified atom stereocenters. The zero-order valence-electron chi connectivity index (χ0n) is 21.2. The van der Waals surface area contributed by atoms with Crippen LogP contribution in [0.2, 0.25) is 0 Å². The third-order valence-electron chi connectivity index (χ3n) is 6.34. The molecule has 8 heteroatoms. The molecule has 2 aromatic rings. The average Bonchev–Trinajstić information content (AvgIpc) is 2.85. The maximum absolute atomic E-state index is 11.6. The molecule has 3 N–H and O–H groups in total. The van der Waals surface area contributed by atoms with Crippen LogP contribution in [0.1, 0.15) is 69.7 Å². The number of fused-ring (bicyclic) bond motifs is 1. The van der Waals surface area contributed by atoms with E-state index in [1.165, 1.54) is 5.56 Å². The summed E-state index contributed by atoms with van der Waals surface area (Å²) in [5.74, 6) is 2.95. The van der Waals surface area contributed by atoms with Crippen molar-refractivity contribution < 1.29 is 14.3 Å². The number of aryl methyl sites for hydroxylation is 1. The highest BCUT2D eigenvalue weighted by Gasteiger charge is 2.27. The molecular weight excluding hydrogens is 430 g/mol. The average molecular weight is 470 g/mol. The maximum Gasteiger partial charge on any atom is 0.225 e. The van der Waals surface area contributed by atoms with Crippen molar-refractivity contribution in [2.24, 2.45) is 0 Å². The van der Waals surface area contributed by atoms with E-state index in [4.69, 9.17) is 19.4 Å². The van der Waals surface area contributed by atoms with Crippen LogP contribution in [-0.4, -0.2) is 42.2 Å². The summed E-state index contributed by atoms with van der Waals surface area (Å²) in [6.07, 6.45) is 7.29. The zero-order valence-corrected chi connectivity index (χ0v) is 21.2. The van der Waals surface area contributed by atoms with Gasteiger partial charge in [-0.1, -0.05) is 19.8 Å². The first-order valence-corrected chi connectivity index (χ1v) is 12.2. The van der Waals surface area contributed by atoms with Crippen LogP contribution in [0.4, 0.5) is 11.8 Å². The van der Waals surface area contributed by atoms with Gasteiger partial charge in [0.1, 0.15) is 17.3 Å². The molecule has 0 radical (unpaired) electrons. The highest BCUT2D eigenvalue weighted by Crippen LogP contribution is 2.31. The lowest BCUT2D eigenvalue weighted by Gasteiger charge is -2.33. The Balaban J connectivity index is 1.86. The number of nitrogens with zero attached hydrogens (tertiary/aromatic N) is 2. The van der Waals surface area contributed by atoms with Crippen LogP contribution in [0.15, 0.2) is 18.2 Å². The maximum atomic E-state index is 11.6. The molecule has 0 spiro atoms. The minimum Gasteiger partial charge on any atom is -0.497 e. The predicted octanol–water partition coefficient (Wildman–Crippen LogP) is 4.48. The minimum atomic E-state index is -0.294. The van der Waals surface area contributed by atoms with Crippen LogP contribution in [0.5, 0.6) is 11.5 Å². The highest BCUT2D eigenvalue weighted by molar-refractivity contribution is 5.73. The largest absolute Gasteiger partial charge is 0.497 e. The SMILES string of the molecule is CCCC[C@](C)(CNC(C)=O)Nc1nc(NCc2ccc(OC)cc2OC)nc2c1CCCC2. The van der Waals surface area contributed by atoms with Crippen LogP contribution in [0.3, 0.4) is 0 Å². The van der Waals surface area contributed by atoms with E-state index in [1.54, 1.807) is 21.1 Å². The van der Waals surface area contributed by atoms with Crippen molar-refractivity contribution in [2.75, 3.05) is 31.4 Å². The van der Waals surface area contributed by atoms with Crippen LogP contribution >= 0.6 is 0 Å². The number of carbonyl (C=O) groups excluding carboxylic acids is 1. The number of ether oxygens (including phenoxy) is 2. The number of hydrogen-bond donors (Lipinski definition) is 3. The third kappa shape index (κ3) is 6.74. The lowest BCUT2D eigenvalue weighted by molar-refractivity contribution is -0.119. The molecule has 1 aromatic carbocycles. The van der Waals surface area contributed by atoms with Gasteiger partial charge in [0, 0.05) is 37.2 Å². The summed E-state index contributed by atoms with van der Waals surface area (Å²) in [7, 11) is 3.30. The number of hydrogen-bond acceptors (Lipinski definition) is 7. The number of amides is 1. The quantitative estimate of drug-likeness (QED) is 0.422. The Morgan fingerprint density at radius 2 is 1.94 bits per heavy atom. The molecule has 1 heterocycles. The number of rotatable bonds is 12. The molecule has 1 atom stereocenters. The number of anilines is 2. The van der Waals surface area contributed by atoms with Gasteiger partial charge in [0.15, 0.2) is 0 Å². The summed E-state index contributed by atoms with van der Waals surface area (Å²) < 4.78 is 10.8. The van der Waals surface area contributed by atoms with E-state index in [2.05, 4.69) is 29.8 Å². The molecule has 186 valence electrons. The Bertz CT molecular complexity index is 981. The first-order chi connectivity index (χ1) is 16.4. The summed E-state index contributed by atoms with van der Waals surface area (Å²) in [6.45, 7) is 6.98. The van der Waals surface area contributed by atoms with Gasteiger partial charge < -0.3 is 25.4 Å². The standard InChI is InChI=1S/C26H39N5O3/c1-6-7-14-26(3,17-28-18(2)32)31-24-21-10-8-9-11-22(21)29-25(30-24)27-16-19-12-13-20(33-4)15-23(19)34-5/h12-13,15H,6-11,14,16-17H2,1-5H3,(H,28,32)(H2,27,29,30,31)/t26-/m1/s1. The highest BCUT2D eigenvalue weighted by atomic mass is 16.5. The fraction of sp³-hybridized carbons (Fsp3) is 0.577. The zero-order chi connectivity index (χ0) is 24.6. The molecule has 1 amide bonds. The molecule has 1 aromatic heterocycles. The number of nitrogens with one attached hydrogen (secondary N) is 3. The molecule has 0 aliphatic heterocycles. The second-order valence-corrected chi connectivity index (χ2v) is 9.26. The predicted molar refractivity (Wildman–Crippen MR) is 136 cm³/mol. The first kappa shape index (κ1) is 25.6. The third-order valence-corrected chi connectivity index (χ3v) is 6.34. The second kappa shape index (κ2) is 11.9. The number of benzene rings is 1. The minimum absolute atomic E-state index is 0.0231. The van der Waals surface area contributed by atoms with Gasteiger partial charge in [-0.3, -0.25) is 4.79 Å². The van der Waals surface area contributed by atoms with Crippen molar-refractivity contribution in [3.05, 3.63) is 35.0 Å². The summed E-state index contributed by atoms with van der Waals surface area (Å²) in [4.78, 5) is 21.4. The Labute approximate surface area is 203 Å². The van der Waals surface area contributed by atoms with Gasteiger partial charge in [-0.15, -0.1) is 0 Å². The van der Waals surface area contributed by atoms with Gasteiger partial charge in [-0.2, -0.15) is 4.98 Å². The Morgan fingerprint density at radius 3 is 2.65 bits per heavy atom. The van der Waals surface area contributed by atoms with Crippen molar-refractivity contribution in [1.29, 1.82) is 0 Å². The van der Waals surface area contributed by atoms with Crippen LogP contribution in [-0.2, 0) is 24.2 Å². The Hall–Kier alpha value is -3.03. The van der Waals surface area contributed by atoms with E-state index < -0.39 is 0 Å². The Morgan fingerprint density at radius 1 is 1.15 bits per heavy atom. The topological polar surface area (TPSA) is 97.4 Å². The molecule has 34 heavy (non-hydrogen) atoms. The number of aromatic nitrogens is 2. The fourth-order valence-corrected chi connectivity index (χ4v) is 4.32. The summed E-state index contributed by atoms with van der Waals surface area (Å²) >= 11 is 0. The first-order valence-electron chi connectivity index (χ1n) is 12.2. The smallest absolute Gasteiger partial charge is 0.225 e. The van der Waals surface area contributed by atoms with Crippen LogP contribution < -0.4 is 25.4 Å². The molecule has 1 aliphatic rings.